The molecule has 1 aromatic heterocycles. The van der Waals surface area contributed by atoms with Crippen LogP contribution in [0.4, 0.5) is 0 Å². The predicted octanol–water partition coefficient (Wildman–Crippen LogP) is 1.21. The van der Waals surface area contributed by atoms with Crippen molar-refractivity contribution in [1.82, 2.24) is 9.55 Å². The Morgan fingerprint density at radius 1 is 1.27 bits per heavy atom. The number of hydrogen-bond donors (Lipinski definition) is 0. The second kappa shape index (κ2) is 2.82. The third-order valence-corrected chi connectivity index (χ3v) is 4.39. The zero-order valence-electron chi connectivity index (χ0n) is 8.05. The molecule has 0 atom stereocenters. The highest BCUT2D eigenvalue weighted by Crippen LogP contribution is 2.24. The monoisotopic (exact) mass is 222 g/mol. The van der Waals surface area contributed by atoms with E-state index in [1.54, 1.807) is 4.57 Å². The van der Waals surface area contributed by atoms with Gasteiger partial charge in [0.15, 0.2) is 0 Å². The highest BCUT2D eigenvalue weighted by molar-refractivity contribution is 7.91. The van der Waals surface area contributed by atoms with Crippen molar-refractivity contribution >= 4 is 20.9 Å². The van der Waals surface area contributed by atoms with Gasteiger partial charge < -0.3 is 4.57 Å². The quantitative estimate of drug-likeness (QED) is 0.673. The van der Waals surface area contributed by atoms with E-state index in [0.29, 0.717) is 6.42 Å². The number of rotatable bonds is 0. The summed E-state index contributed by atoms with van der Waals surface area (Å²) in [6.07, 6.45) is 0.676. The fourth-order valence-corrected chi connectivity index (χ4v) is 3.47. The standard InChI is InChI=1S/C10H10N2O2S/c13-15(14)7-3-6-12-9-5-2-1-4-8(9)11-10(12)15/h1-2,4-5H,3,6-7H2. The van der Waals surface area contributed by atoms with E-state index in [0.717, 1.165) is 17.6 Å². The van der Waals surface area contributed by atoms with E-state index in [1.807, 2.05) is 24.3 Å². The van der Waals surface area contributed by atoms with Crippen LogP contribution < -0.4 is 0 Å². The van der Waals surface area contributed by atoms with Gasteiger partial charge in [0.1, 0.15) is 0 Å². The number of fused-ring (bicyclic) bond motifs is 3. The number of aromatic nitrogens is 2. The van der Waals surface area contributed by atoms with Crippen LogP contribution in [0.3, 0.4) is 0 Å². The normalized spacial score (nSPS) is 18.9. The lowest BCUT2D eigenvalue weighted by molar-refractivity contribution is 0.535. The minimum atomic E-state index is -3.15. The highest BCUT2D eigenvalue weighted by atomic mass is 32.2. The molecule has 0 radical (unpaired) electrons. The molecular weight excluding hydrogens is 212 g/mol. The summed E-state index contributed by atoms with van der Waals surface area (Å²) in [5.41, 5.74) is 1.67. The number of imidazole rings is 1. The Hall–Kier alpha value is -1.36. The first kappa shape index (κ1) is 8.91. The maximum Gasteiger partial charge on any atom is 0.228 e. The summed E-state index contributed by atoms with van der Waals surface area (Å²) in [5, 5.41) is 0.231. The van der Waals surface area contributed by atoms with Crippen LogP contribution >= 0.6 is 0 Å². The molecule has 0 bridgehead atoms. The van der Waals surface area contributed by atoms with Crippen LogP contribution in [0.15, 0.2) is 29.4 Å². The molecule has 5 heteroatoms. The van der Waals surface area contributed by atoms with E-state index in [9.17, 15) is 8.42 Å². The van der Waals surface area contributed by atoms with Crippen molar-refractivity contribution in [2.24, 2.45) is 0 Å². The number of aryl methyl sites for hydroxylation is 1. The first-order valence-electron chi connectivity index (χ1n) is 4.86. The summed E-state index contributed by atoms with van der Waals surface area (Å²) in [7, 11) is -3.15. The fourth-order valence-electron chi connectivity index (χ4n) is 2.01. The van der Waals surface area contributed by atoms with Crippen LogP contribution in [0.2, 0.25) is 0 Å². The van der Waals surface area contributed by atoms with Gasteiger partial charge in [0.05, 0.1) is 16.8 Å². The average Bonchev–Trinajstić information content (AvgIpc) is 2.58. The van der Waals surface area contributed by atoms with Crippen LogP contribution in [-0.4, -0.2) is 23.7 Å². The maximum absolute atomic E-state index is 11.8. The van der Waals surface area contributed by atoms with Crippen molar-refractivity contribution in [1.29, 1.82) is 0 Å². The number of para-hydroxylation sites is 2. The largest absolute Gasteiger partial charge is 0.315 e. The Bertz CT molecular complexity index is 628. The van der Waals surface area contributed by atoms with E-state index in [2.05, 4.69) is 4.98 Å². The van der Waals surface area contributed by atoms with Crippen LogP contribution in [0.25, 0.3) is 11.0 Å². The molecule has 2 aromatic rings. The van der Waals surface area contributed by atoms with E-state index in [4.69, 9.17) is 0 Å². The molecule has 0 saturated heterocycles. The van der Waals surface area contributed by atoms with E-state index >= 15 is 0 Å². The third kappa shape index (κ3) is 1.19. The topological polar surface area (TPSA) is 52.0 Å². The summed E-state index contributed by atoms with van der Waals surface area (Å²) in [6.45, 7) is 0.745. The van der Waals surface area contributed by atoms with Crippen molar-refractivity contribution < 1.29 is 8.42 Å². The first-order chi connectivity index (χ1) is 7.18. The number of hydrogen-bond acceptors (Lipinski definition) is 3. The van der Waals surface area contributed by atoms with Gasteiger partial charge in [0.2, 0.25) is 15.0 Å². The van der Waals surface area contributed by atoms with E-state index < -0.39 is 9.84 Å². The van der Waals surface area contributed by atoms with Gasteiger partial charge in [0, 0.05) is 6.54 Å². The molecule has 78 valence electrons. The molecule has 2 heterocycles. The molecule has 1 aromatic carbocycles. The summed E-state index contributed by atoms with van der Waals surface area (Å²) >= 11 is 0. The molecule has 0 N–H and O–H groups in total. The average molecular weight is 222 g/mol. The predicted molar refractivity (Wildman–Crippen MR) is 56.4 cm³/mol. The lowest BCUT2D eigenvalue weighted by Gasteiger charge is -2.14. The molecule has 0 amide bonds. The van der Waals surface area contributed by atoms with Gasteiger partial charge >= 0.3 is 0 Å². The lowest BCUT2D eigenvalue weighted by atomic mass is 10.3. The molecule has 0 aliphatic carbocycles. The van der Waals surface area contributed by atoms with Crippen LogP contribution in [0, 0.1) is 0 Å². The Morgan fingerprint density at radius 3 is 2.93 bits per heavy atom. The van der Waals surface area contributed by atoms with Crippen molar-refractivity contribution in [3.05, 3.63) is 24.3 Å². The molecule has 15 heavy (non-hydrogen) atoms. The Labute approximate surface area is 87.5 Å². The fraction of sp³-hybridized carbons (Fsp3) is 0.300. The lowest BCUT2D eigenvalue weighted by Crippen LogP contribution is -2.21. The first-order valence-corrected chi connectivity index (χ1v) is 6.52. The number of sulfone groups is 1. The summed E-state index contributed by atoms with van der Waals surface area (Å²) in [4.78, 5) is 4.18. The number of benzene rings is 1. The smallest absolute Gasteiger partial charge is 0.228 e. The van der Waals surface area contributed by atoms with Crippen LogP contribution in [0.1, 0.15) is 6.42 Å². The SMILES string of the molecule is O=S1(=O)CCCn2c1nc1ccccc12. The highest BCUT2D eigenvalue weighted by Gasteiger charge is 2.27. The second-order valence-corrected chi connectivity index (χ2v) is 5.71. The molecule has 0 saturated carbocycles. The molecule has 0 spiro atoms. The van der Waals surface area contributed by atoms with Gasteiger partial charge in [-0.2, -0.15) is 0 Å². The minimum Gasteiger partial charge on any atom is -0.315 e. The van der Waals surface area contributed by atoms with Crippen molar-refractivity contribution in [2.45, 2.75) is 18.1 Å². The Morgan fingerprint density at radius 2 is 2.07 bits per heavy atom. The van der Waals surface area contributed by atoms with Crippen molar-refractivity contribution in [3.63, 3.8) is 0 Å². The van der Waals surface area contributed by atoms with Gasteiger partial charge in [0.25, 0.3) is 0 Å². The Kier molecular flexibility index (Phi) is 1.68. The number of nitrogens with zero attached hydrogens (tertiary/aromatic N) is 2. The molecule has 4 nitrogen and oxygen atoms in total. The van der Waals surface area contributed by atoms with Gasteiger partial charge in [-0.25, -0.2) is 13.4 Å². The molecular formula is C10H10N2O2S. The summed E-state index contributed by atoms with van der Waals surface area (Å²) in [6, 6.07) is 7.52. The molecule has 1 aliphatic heterocycles. The zero-order chi connectivity index (χ0) is 10.5. The Balaban J connectivity index is 2.44. The van der Waals surface area contributed by atoms with Gasteiger partial charge in [-0.3, -0.25) is 0 Å². The van der Waals surface area contributed by atoms with E-state index in [-0.39, 0.29) is 10.9 Å². The van der Waals surface area contributed by atoms with E-state index in [1.165, 1.54) is 0 Å². The van der Waals surface area contributed by atoms with Crippen LogP contribution in [0.5, 0.6) is 0 Å². The third-order valence-electron chi connectivity index (χ3n) is 2.69. The second-order valence-electron chi connectivity index (χ2n) is 3.71. The molecule has 0 unspecified atom stereocenters. The van der Waals surface area contributed by atoms with Crippen molar-refractivity contribution in [2.75, 3.05) is 5.75 Å². The van der Waals surface area contributed by atoms with Crippen LogP contribution in [-0.2, 0) is 16.4 Å². The molecule has 0 fully saturated rings. The summed E-state index contributed by atoms with van der Waals surface area (Å²) in [5.74, 6) is 0.219. The molecule has 1 aliphatic rings. The molecule has 3 rings (SSSR count). The zero-order valence-corrected chi connectivity index (χ0v) is 8.87. The maximum atomic E-state index is 11.8. The minimum absolute atomic E-state index is 0.219. The van der Waals surface area contributed by atoms with Gasteiger partial charge in [-0.05, 0) is 18.6 Å². The van der Waals surface area contributed by atoms with Crippen molar-refractivity contribution in [3.8, 4) is 0 Å². The van der Waals surface area contributed by atoms with Gasteiger partial charge in [-0.15, -0.1) is 0 Å². The van der Waals surface area contributed by atoms with Gasteiger partial charge in [-0.1, -0.05) is 12.1 Å². The summed E-state index contributed by atoms with van der Waals surface area (Å²) < 4.78 is 25.3.